The molecule has 4 rings (SSSR count). The zero-order valence-corrected chi connectivity index (χ0v) is 17.5. The molecule has 0 aliphatic heterocycles. The molecule has 3 aromatic heterocycles. The van der Waals surface area contributed by atoms with Crippen LogP contribution in [0.5, 0.6) is 0 Å². The number of aromatic nitrogens is 4. The lowest BCUT2D eigenvalue weighted by atomic mass is 10.1. The van der Waals surface area contributed by atoms with Crippen molar-refractivity contribution >= 4 is 42.7 Å². The van der Waals surface area contributed by atoms with Gasteiger partial charge in [-0.25, -0.2) is 28.1 Å². The zero-order valence-electron chi connectivity index (χ0n) is 15.9. The van der Waals surface area contributed by atoms with Gasteiger partial charge >= 0.3 is 0 Å². The molecule has 0 saturated heterocycles. The molecule has 0 radical (unpaired) electrons. The Morgan fingerprint density at radius 2 is 2.11 bits per heavy atom. The largest absolute Gasteiger partial charge is 0.332 e. The summed E-state index contributed by atoms with van der Waals surface area (Å²) in [6.07, 6.45) is 4.11. The fourth-order valence-electron chi connectivity index (χ4n) is 3.23. The van der Waals surface area contributed by atoms with E-state index in [2.05, 4.69) is 14.7 Å². The van der Waals surface area contributed by atoms with Crippen LogP contribution < -0.4 is 4.72 Å². The second-order valence-corrected chi connectivity index (χ2v) is 9.66. The van der Waals surface area contributed by atoms with E-state index >= 15 is 0 Å². The molecule has 1 atom stereocenters. The van der Waals surface area contributed by atoms with Gasteiger partial charge in [0.25, 0.3) is 0 Å². The molecule has 0 unspecified atom stereocenters. The highest BCUT2D eigenvalue weighted by molar-refractivity contribution is 7.89. The first-order valence-electron chi connectivity index (χ1n) is 9.05. The Kier molecular flexibility index (Phi) is 4.90. The number of benzene rings is 1. The van der Waals surface area contributed by atoms with Gasteiger partial charge in [-0.15, -0.1) is 0 Å². The second kappa shape index (κ2) is 7.23. The molecule has 0 saturated carbocycles. The first kappa shape index (κ1) is 19.0. The molecular weight excluding hydrogens is 394 g/mol. The zero-order chi connectivity index (χ0) is 19.9. The Balaban J connectivity index is 1.71. The molecule has 0 spiro atoms. The van der Waals surface area contributed by atoms with E-state index in [9.17, 15) is 8.42 Å². The number of thiazole rings is 1. The van der Waals surface area contributed by atoms with Crippen LogP contribution >= 0.6 is 11.3 Å². The highest BCUT2D eigenvalue weighted by Gasteiger charge is 2.17. The van der Waals surface area contributed by atoms with Crippen LogP contribution in [0.3, 0.4) is 0 Å². The number of rotatable bonds is 6. The molecule has 3 heterocycles. The van der Waals surface area contributed by atoms with E-state index in [1.165, 1.54) is 11.3 Å². The molecular formula is C19H21N5O2S2. The summed E-state index contributed by atoms with van der Waals surface area (Å²) >= 11 is 1.52. The Morgan fingerprint density at radius 1 is 1.29 bits per heavy atom. The van der Waals surface area contributed by atoms with E-state index < -0.39 is 10.0 Å². The summed E-state index contributed by atoms with van der Waals surface area (Å²) in [5.74, 6) is 0.126. The van der Waals surface area contributed by atoms with Crippen molar-refractivity contribution in [3.05, 3.63) is 42.4 Å². The Labute approximate surface area is 167 Å². The predicted octanol–water partition coefficient (Wildman–Crippen LogP) is 3.64. The summed E-state index contributed by atoms with van der Waals surface area (Å²) in [5, 5.41) is 0.849. The molecule has 4 aromatic rings. The van der Waals surface area contributed by atoms with E-state index in [-0.39, 0.29) is 11.8 Å². The summed E-state index contributed by atoms with van der Waals surface area (Å²) in [5.41, 5.74) is 4.45. The standard InChI is InChI=1S/C19H21N5O2S2/c1-4-8-28(25,26)23-12(2)13-6-5-7-14(9-13)18-22-16-17-15(21-11-24(17)3)10-20-19(16)27-18/h5-7,9-12,23H,4,8H2,1-3H3/t12-/m0/s1. The topological polar surface area (TPSA) is 89.8 Å². The lowest BCUT2D eigenvalue weighted by Gasteiger charge is -2.15. The minimum Gasteiger partial charge on any atom is -0.332 e. The Bertz CT molecular complexity index is 1260. The van der Waals surface area contributed by atoms with Crippen molar-refractivity contribution in [2.24, 2.45) is 7.05 Å². The van der Waals surface area contributed by atoms with Crippen LogP contribution in [-0.4, -0.2) is 33.7 Å². The molecule has 0 fully saturated rings. The van der Waals surface area contributed by atoms with Gasteiger partial charge in [-0.3, -0.25) is 0 Å². The molecule has 1 aromatic carbocycles. The lowest BCUT2D eigenvalue weighted by Crippen LogP contribution is -2.28. The van der Waals surface area contributed by atoms with Crippen LogP contribution in [0.25, 0.3) is 32.0 Å². The van der Waals surface area contributed by atoms with Crippen molar-refractivity contribution in [3.8, 4) is 10.6 Å². The van der Waals surface area contributed by atoms with Crippen molar-refractivity contribution in [2.45, 2.75) is 26.3 Å². The number of fused-ring (bicyclic) bond motifs is 3. The van der Waals surface area contributed by atoms with Gasteiger partial charge in [0.1, 0.15) is 20.9 Å². The number of sulfonamides is 1. The van der Waals surface area contributed by atoms with Gasteiger partial charge in [0.15, 0.2) is 0 Å². The average molecular weight is 416 g/mol. The fraction of sp³-hybridized carbons (Fsp3) is 0.316. The highest BCUT2D eigenvalue weighted by Crippen LogP contribution is 2.33. The van der Waals surface area contributed by atoms with E-state index in [1.807, 2.05) is 49.7 Å². The maximum Gasteiger partial charge on any atom is 0.212 e. The van der Waals surface area contributed by atoms with Crippen molar-refractivity contribution in [3.63, 3.8) is 0 Å². The Morgan fingerprint density at radius 3 is 2.89 bits per heavy atom. The third-order valence-electron chi connectivity index (χ3n) is 4.57. The van der Waals surface area contributed by atoms with Crippen LogP contribution in [0.1, 0.15) is 31.9 Å². The third kappa shape index (κ3) is 3.52. The van der Waals surface area contributed by atoms with Crippen molar-refractivity contribution in [1.82, 2.24) is 24.2 Å². The number of hydrogen-bond acceptors (Lipinski definition) is 6. The minimum absolute atomic E-state index is 0.126. The van der Waals surface area contributed by atoms with Gasteiger partial charge in [0, 0.05) is 18.7 Å². The van der Waals surface area contributed by atoms with Gasteiger partial charge in [0.2, 0.25) is 10.0 Å². The molecule has 0 bridgehead atoms. The van der Waals surface area contributed by atoms with Crippen LogP contribution in [-0.2, 0) is 17.1 Å². The molecule has 28 heavy (non-hydrogen) atoms. The molecule has 0 amide bonds. The van der Waals surface area contributed by atoms with Gasteiger partial charge in [-0.1, -0.05) is 36.5 Å². The van der Waals surface area contributed by atoms with Crippen LogP contribution in [0, 0.1) is 0 Å². The minimum atomic E-state index is -3.28. The van der Waals surface area contributed by atoms with Gasteiger partial charge in [-0.2, -0.15) is 0 Å². The van der Waals surface area contributed by atoms with Crippen LogP contribution in [0.2, 0.25) is 0 Å². The summed E-state index contributed by atoms with van der Waals surface area (Å²) in [6, 6.07) is 7.50. The second-order valence-electron chi connectivity index (χ2n) is 6.80. The van der Waals surface area contributed by atoms with Crippen molar-refractivity contribution < 1.29 is 8.42 Å². The summed E-state index contributed by atoms with van der Waals surface area (Å²) in [4.78, 5) is 14.5. The number of aryl methyl sites for hydroxylation is 1. The van der Waals surface area contributed by atoms with E-state index in [4.69, 9.17) is 4.98 Å². The smallest absolute Gasteiger partial charge is 0.212 e. The van der Waals surface area contributed by atoms with Crippen molar-refractivity contribution in [2.75, 3.05) is 5.75 Å². The maximum atomic E-state index is 12.1. The van der Waals surface area contributed by atoms with E-state index in [1.54, 1.807) is 12.5 Å². The number of pyridine rings is 1. The van der Waals surface area contributed by atoms with E-state index in [0.717, 1.165) is 37.5 Å². The van der Waals surface area contributed by atoms with Gasteiger partial charge in [-0.05, 0) is 25.0 Å². The molecule has 7 nitrogen and oxygen atoms in total. The number of hydrogen-bond donors (Lipinski definition) is 1. The molecule has 146 valence electrons. The molecule has 1 N–H and O–H groups in total. The fourth-order valence-corrected chi connectivity index (χ4v) is 5.47. The summed E-state index contributed by atoms with van der Waals surface area (Å²) in [6.45, 7) is 3.70. The molecule has 0 aliphatic rings. The number of nitrogens with zero attached hydrogens (tertiary/aromatic N) is 4. The predicted molar refractivity (Wildman–Crippen MR) is 113 cm³/mol. The quantitative estimate of drug-likeness (QED) is 0.519. The first-order chi connectivity index (χ1) is 13.4. The summed E-state index contributed by atoms with van der Waals surface area (Å²) in [7, 11) is -1.34. The van der Waals surface area contributed by atoms with Gasteiger partial charge in [0.05, 0.1) is 23.8 Å². The molecule has 9 heteroatoms. The molecule has 0 aliphatic carbocycles. The van der Waals surface area contributed by atoms with Gasteiger partial charge < -0.3 is 4.57 Å². The average Bonchev–Trinajstić information content (AvgIpc) is 3.24. The SMILES string of the molecule is CCCS(=O)(=O)N[C@@H](C)c1cccc(-c2nc3c(ncc4ncn(C)c43)s2)c1. The number of nitrogens with one attached hydrogen (secondary N) is 1. The number of imidazole rings is 1. The summed E-state index contributed by atoms with van der Waals surface area (Å²) < 4.78 is 28.8. The van der Waals surface area contributed by atoms with E-state index in [0.29, 0.717) is 6.42 Å². The maximum absolute atomic E-state index is 12.1. The lowest BCUT2D eigenvalue weighted by molar-refractivity contribution is 0.565. The first-order valence-corrected chi connectivity index (χ1v) is 11.5. The van der Waals surface area contributed by atoms with Crippen molar-refractivity contribution in [1.29, 1.82) is 0 Å². The van der Waals surface area contributed by atoms with Crippen LogP contribution in [0.15, 0.2) is 36.8 Å². The van der Waals surface area contributed by atoms with Crippen LogP contribution in [0.4, 0.5) is 0 Å². The normalized spacial score (nSPS) is 13.4. The Hall–Kier alpha value is -2.36. The third-order valence-corrected chi connectivity index (χ3v) is 7.24. The highest BCUT2D eigenvalue weighted by atomic mass is 32.2. The monoisotopic (exact) mass is 415 g/mol.